The lowest BCUT2D eigenvalue weighted by Gasteiger charge is -2.12. The average molecular weight is 389 g/mol. The molecular formula is C21H13BrN2O. The summed E-state index contributed by atoms with van der Waals surface area (Å²) in [4.78, 5) is 0. The smallest absolute Gasteiger partial charge is 0.130 e. The standard InChI is InChI=1S/C21H13BrN2O/c22-19-8-9-21(18(11-19)10-15(12-23)13-24)25-14-17-6-3-5-16-4-1-2-7-20(16)17/h1-11H,14H2. The van der Waals surface area contributed by atoms with Gasteiger partial charge in [-0.1, -0.05) is 58.4 Å². The number of hydrogen-bond donors (Lipinski definition) is 0. The third-order valence-electron chi connectivity index (χ3n) is 3.78. The molecule has 25 heavy (non-hydrogen) atoms. The second-order valence-electron chi connectivity index (χ2n) is 5.39. The van der Waals surface area contributed by atoms with E-state index in [1.807, 2.05) is 54.6 Å². The fourth-order valence-corrected chi connectivity index (χ4v) is 2.96. The molecule has 4 heteroatoms. The molecule has 0 radical (unpaired) electrons. The van der Waals surface area contributed by atoms with E-state index in [0.717, 1.165) is 20.8 Å². The highest BCUT2D eigenvalue weighted by Gasteiger charge is 2.07. The van der Waals surface area contributed by atoms with Gasteiger partial charge >= 0.3 is 0 Å². The fraction of sp³-hybridized carbons (Fsp3) is 0.0476. The van der Waals surface area contributed by atoms with Crippen molar-refractivity contribution in [1.82, 2.24) is 0 Å². The summed E-state index contributed by atoms with van der Waals surface area (Å²) in [5.41, 5.74) is 1.80. The van der Waals surface area contributed by atoms with Gasteiger partial charge in [0.05, 0.1) is 0 Å². The summed E-state index contributed by atoms with van der Waals surface area (Å²) in [5, 5.41) is 20.3. The molecule has 0 saturated carbocycles. The molecule has 0 aliphatic carbocycles. The highest BCUT2D eigenvalue weighted by atomic mass is 79.9. The van der Waals surface area contributed by atoms with Crippen molar-refractivity contribution in [3.63, 3.8) is 0 Å². The number of ether oxygens (including phenoxy) is 1. The first-order valence-corrected chi connectivity index (χ1v) is 8.41. The summed E-state index contributed by atoms with van der Waals surface area (Å²) >= 11 is 3.41. The van der Waals surface area contributed by atoms with Gasteiger partial charge in [-0.3, -0.25) is 0 Å². The molecule has 0 saturated heterocycles. The van der Waals surface area contributed by atoms with Gasteiger partial charge in [0, 0.05) is 10.0 Å². The maximum Gasteiger partial charge on any atom is 0.130 e. The lowest BCUT2D eigenvalue weighted by atomic mass is 10.1. The van der Waals surface area contributed by atoms with Crippen molar-refractivity contribution in [2.24, 2.45) is 0 Å². The van der Waals surface area contributed by atoms with E-state index in [0.29, 0.717) is 17.9 Å². The number of halogens is 1. The number of benzene rings is 3. The molecule has 120 valence electrons. The maximum atomic E-state index is 8.98. The lowest BCUT2D eigenvalue weighted by Crippen LogP contribution is -1.98. The highest BCUT2D eigenvalue weighted by Crippen LogP contribution is 2.27. The second-order valence-corrected chi connectivity index (χ2v) is 6.31. The number of fused-ring (bicyclic) bond motifs is 1. The average Bonchev–Trinajstić information content (AvgIpc) is 2.65. The molecule has 0 aromatic heterocycles. The first-order chi connectivity index (χ1) is 12.2. The zero-order chi connectivity index (χ0) is 17.6. The Hall–Kier alpha value is -3.08. The van der Waals surface area contributed by atoms with Gasteiger partial charge in [0.1, 0.15) is 30.1 Å². The molecule has 0 aliphatic heterocycles. The molecular weight excluding hydrogens is 376 g/mol. The Morgan fingerprint density at radius 1 is 1.00 bits per heavy atom. The molecule has 3 aromatic carbocycles. The van der Waals surface area contributed by atoms with Gasteiger partial charge in [0.2, 0.25) is 0 Å². The molecule has 0 aliphatic rings. The van der Waals surface area contributed by atoms with Crippen LogP contribution in [0, 0.1) is 22.7 Å². The van der Waals surface area contributed by atoms with E-state index in [2.05, 4.69) is 34.1 Å². The maximum absolute atomic E-state index is 8.98. The summed E-state index contributed by atoms with van der Waals surface area (Å²) in [6, 6.07) is 23.5. The molecule has 0 amide bonds. The molecule has 0 bridgehead atoms. The van der Waals surface area contributed by atoms with E-state index in [1.165, 1.54) is 6.08 Å². The Morgan fingerprint density at radius 2 is 1.76 bits per heavy atom. The van der Waals surface area contributed by atoms with Gasteiger partial charge in [0.15, 0.2) is 0 Å². The summed E-state index contributed by atoms with van der Waals surface area (Å²) < 4.78 is 6.85. The quantitative estimate of drug-likeness (QED) is 0.545. The summed E-state index contributed by atoms with van der Waals surface area (Å²) in [6.07, 6.45) is 1.53. The van der Waals surface area contributed by atoms with Crippen LogP contribution in [0.15, 0.2) is 70.7 Å². The van der Waals surface area contributed by atoms with Gasteiger partial charge in [-0.25, -0.2) is 0 Å². The van der Waals surface area contributed by atoms with Gasteiger partial charge in [0.25, 0.3) is 0 Å². The van der Waals surface area contributed by atoms with Gasteiger partial charge in [-0.05, 0) is 40.6 Å². The minimum atomic E-state index is 0.0353. The van der Waals surface area contributed by atoms with Crippen LogP contribution in [0.25, 0.3) is 16.8 Å². The summed E-state index contributed by atoms with van der Waals surface area (Å²) in [5.74, 6) is 0.624. The van der Waals surface area contributed by atoms with Crippen LogP contribution in [-0.2, 0) is 6.61 Å². The fourth-order valence-electron chi connectivity index (χ4n) is 2.58. The number of allylic oxidation sites excluding steroid dienone is 1. The number of nitriles is 2. The van der Waals surface area contributed by atoms with E-state index < -0.39 is 0 Å². The molecule has 3 rings (SSSR count). The third-order valence-corrected chi connectivity index (χ3v) is 4.27. The molecule has 0 heterocycles. The molecule has 0 spiro atoms. The van der Waals surface area contributed by atoms with Crippen LogP contribution in [0.3, 0.4) is 0 Å². The van der Waals surface area contributed by atoms with Gasteiger partial charge in [-0.15, -0.1) is 0 Å². The van der Waals surface area contributed by atoms with Crippen molar-refractivity contribution in [3.05, 3.63) is 81.8 Å². The Labute approximate surface area is 154 Å². The number of hydrogen-bond acceptors (Lipinski definition) is 3. The van der Waals surface area contributed by atoms with E-state index in [-0.39, 0.29) is 5.57 Å². The van der Waals surface area contributed by atoms with Crippen LogP contribution in [0.5, 0.6) is 5.75 Å². The van der Waals surface area contributed by atoms with Crippen LogP contribution in [0.4, 0.5) is 0 Å². The van der Waals surface area contributed by atoms with Crippen molar-refractivity contribution < 1.29 is 4.74 Å². The van der Waals surface area contributed by atoms with Crippen molar-refractivity contribution in [1.29, 1.82) is 10.5 Å². The second kappa shape index (κ2) is 7.66. The molecule has 0 N–H and O–H groups in total. The minimum Gasteiger partial charge on any atom is -0.488 e. The molecule has 0 fully saturated rings. The normalized spacial score (nSPS) is 9.88. The van der Waals surface area contributed by atoms with Crippen molar-refractivity contribution >= 4 is 32.8 Å². The highest BCUT2D eigenvalue weighted by molar-refractivity contribution is 9.10. The van der Waals surface area contributed by atoms with Gasteiger partial charge < -0.3 is 4.74 Å². The SMILES string of the molecule is N#CC(C#N)=Cc1cc(Br)ccc1OCc1cccc2ccccc12. The minimum absolute atomic E-state index is 0.0353. The zero-order valence-electron chi connectivity index (χ0n) is 13.2. The van der Waals surface area contributed by atoms with E-state index >= 15 is 0 Å². The summed E-state index contributed by atoms with van der Waals surface area (Å²) in [6.45, 7) is 0.401. The zero-order valence-corrected chi connectivity index (χ0v) is 14.8. The molecule has 0 atom stereocenters. The number of nitrogens with zero attached hydrogens (tertiary/aromatic N) is 2. The molecule has 0 unspecified atom stereocenters. The lowest BCUT2D eigenvalue weighted by molar-refractivity contribution is 0.307. The van der Waals surface area contributed by atoms with Crippen LogP contribution >= 0.6 is 15.9 Å². The van der Waals surface area contributed by atoms with E-state index in [1.54, 1.807) is 0 Å². The van der Waals surface area contributed by atoms with Gasteiger partial charge in [-0.2, -0.15) is 10.5 Å². The first kappa shape index (κ1) is 16.8. The van der Waals surface area contributed by atoms with Crippen molar-refractivity contribution in [2.45, 2.75) is 6.61 Å². The molecule has 3 aromatic rings. The Morgan fingerprint density at radius 3 is 2.56 bits per heavy atom. The predicted molar refractivity (Wildman–Crippen MR) is 102 cm³/mol. The Balaban J connectivity index is 1.92. The predicted octanol–water partition coefficient (Wildman–Crippen LogP) is 5.61. The van der Waals surface area contributed by atoms with Crippen LogP contribution in [-0.4, -0.2) is 0 Å². The third kappa shape index (κ3) is 3.88. The van der Waals surface area contributed by atoms with E-state index in [4.69, 9.17) is 15.3 Å². The van der Waals surface area contributed by atoms with Crippen molar-refractivity contribution in [2.75, 3.05) is 0 Å². The van der Waals surface area contributed by atoms with E-state index in [9.17, 15) is 0 Å². The van der Waals surface area contributed by atoms with Crippen LogP contribution in [0.2, 0.25) is 0 Å². The van der Waals surface area contributed by atoms with Crippen LogP contribution < -0.4 is 4.74 Å². The summed E-state index contributed by atoms with van der Waals surface area (Å²) in [7, 11) is 0. The van der Waals surface area contributed by atoms with Crippen LogP contribution in [0.1, 0.15) is 11.1 Å². The monoisotopic (exact) mass is 388 g/mol. The topological polar surface area (TPSA) is 56.8 Å². The molecule has 3 nitrogen and oxygen atoms in total. The van der Waals surface area contributed by atoms with Crippen molar-refractivity contribution in [3.8, 4) is 17.9 Å². The first-order valence-electron chi connectivity index (χ1n) is 7.62. The Kier molecular flexibility index (Phi) is 5.14. The number of rotatable bonds is 4. The largest absolute Gasteiger partial charge is 0.488 e. The Bertz CT molecular complexity index is 1020.